The van der Waals surface area contributed by atoms with Crippen molar-refractivity contribution in [3.8, 4) is 0 Å². The maximum atomic E-state index is 11.8. The van der Waals surface area contributed by atoms with Crippen LogP contribution in [0.25, 0.3) is 23.1 Å². The van der Waals surface area contributed by atoms with Crippen molar-refractivity contribution >= 4 is 40.6 Å². The Kier molecular flexibility index (Phi) is 7.38. The van der Waals surface area contributed by atoms with E-state index in [0.717, 1.165) is 45.3 Å². The molecule has 4 aromatic rings. The summed E-state index contributed by atoms with van der Waals surface area (Å²) in [5.74, 6) is -1.85. The molecule has 5 rings (SSSR count). The van der Waals surface area contributed by atoms with Crippen LogP contribution in [0.1, 0.15) is 51.1 Å². The van der Waals surface area contributed by atoms with Crippen molar-refractivity contribution < 1.29 is 19.4 Å². The van der Waals surface area contributed by atoms with E-state index < -0.39 is 11.8 Å². The summed E-state index contributed by atoms with van der Waals surface area (Å²) in [6, 6.07) is 23.3. The highest BCUT2D eigenvalue weighted by atomic mass is 35.5. The van der Waals surface area contributed by atoms with Crippen LogP contribution >= 0.6 is 11.6 Å². The highest BCUT2D eigenvalue weighted by molar-refractivity contribution is 6.31. The van der Waals surface area contributed by atoms with Crippen molar-refractivity contribution in [2.45, 2.75) is 32.0 Å². The first kappa shape index (κ1) is 25.2. The fraction of sp³-hybridized carbons (Fsp3) is 0.226. The van der Waals surface area contributed by atoms with Gasteiger partial charge in [0.15, 0.2) is 5.79 Å². The van der Waals surface area contributed by atoms with Crippen LogP contribution in [0.15, 0.2) is 72.8 Å². The molecule has 0 amide bonds. The van der Waals surface area contributed by atoms with Gasteiger partial charge in [-0.15, -0.1) is 0 Å². The lowest BCUT2D eigenvalue weighted by Gasteiger charge is -2.38. The van der Waals surface area contributed by atoms with Crippen molar-refractivity contribution in [3.05, 3.63) is 111 Å². The summed E-state index contributed by atoms with van der Waals surface area (Å²) in [6.07, 6.45) is 5.84. The number of carbonyl (C=O) groups is 1. The van der Waals surface area contributed by atoms with Crippen molar-refractivity contribution in [1.29, 1.82) is 0 Å². The molecule has 1 aliphatic rings. The fourth-order valence-corrected chi connectivity index (χ4v) is 4.86. The highest BCUT2D eigenvalue weighted by Crippen LogP contribution is 2.36. The molecule has 6 heteroatoms. The Balaban J connectivity index is 1.41. The van der Waals surface area contributed by atoms with E-state index in [0.29, 0.717) is 36.6 Å². The van der Waals surface area contributed by atoms with Crippen LogP contribution in [0.4, 0.5) is 0 Å². The number of rotatable bonds is 7. The van der Waals surface area contributed by atoms with Gasteiger partial charge in [-0.2, -0.15) is 0 Å². The number of aromatic carboxylic acids is 1. The van der Waals surface area contributed by atoms with E-state index in [-0.39, 0.29) is 0 Å². The molecule has 0 atom stereocenters. The molecular weight excluding hydrogens is 486 g/mol. The second-order valence-electron chi connectivity index (χ2n) is 9.30. The van der Waals surface area contributed by atoms with E-state index in [1.54, 1.807) is 6.07 Å². The van der Waals surface area contributed by atoms with Gasteiger partial charge in [0.2, 0.25) is 0 Å². The molecule has 1 aromatic heterocycles. The predicted molar refractivity (Wildman–Crippen MR) is 147 cm³/mol. The minimum atomic E-state index is -0.930. The van der Waals surface area contributed by atoms with Gasteiger partial charge in [0.25, 0.3) is 0 Å². The van der Waals surface area contributed by atoms with Crippen LogP contribution in [0.3, 0.4) is 0 Å². The number of hydrogen-bond donors (Lipinski definition) is 1. The maximum Gasteiger partial charge on any atom is 0.335 e. The van der Waals surface area contributed by atoms with Gasteiger partial charge >= 0.3 is 5.97 Å². The number of nitrogens with zero attached hydrogens (tertiary/aromatic N) is 1. The van der Waals surface area contributed by atoms with Crippen molar-refractivity contribution in [3.63, 3.8) is 0 Å². The smallest absolute Gasteiger partial charge is 0.335 e. The molecule has 1 aliphatic heterocycles. The molecule has 0 spiro atoms. The number of carboxylic acid groups (broad SMARTS) is 1. The van der Waals surface area contributed by atoms with Gasteiger partial charge in [-0.3, -0.25) is 0 Å². The van der Waals surface area contributed by atoms with Gasteiger partial charge in [-0.05, 0) is 67.3 Å². The molecule has 0 saturated carbocycles. The monoisotopic (exact) mass is 513 g/mol. The zero-order valence-corrected chi connectivity index (χ0v) is 21.4. The highest BCUT2D eigenvalue weighted by Gasteiger charge is 2.37. The molecule has 5 nitrogen and oxygen atoms in total. The van der Waals surface area contributed by atoms with Crippen LogP contribution in [-0.2, 0) is 21.7 Å². The Bertz CT molecular complexity index is 1470. The van der Waals surface area contributed by atoms with Gasteiger partial charge in [0, 0.05) is 22.4 Å². The molecular formula is C31H28ClNO4. The maximum absolute atomic E-state index is 11.8. The van der Waals surface area contributed by atoms with E-state index >= 15 is 0 Å². The van der Waals surface area contributed by atoms with Gasteiger partial charge in [0.1, 0.15) is 0 Å². The standard InChI is InChI=1S/C31H28ClNO4/c1-21-6-8-23(28(18-21)30(34)35)14-15-31(36-16-3-17-37-31)25-5-2-4-22(19-25)7-12-27-13-10-24-9-11-26(32)20-29(24)33-27/h2,4-13,18-20H,3,14-17H2,1H3,(H,34,35)/b12-7+. The Morgan fingerprint density at radius 3 is 2.65 bits per heavy atom. The number of carboxylic acids is 1. The summed E-state index contributed by atoms with van der Waals surface area (Å²) < 4.78 is 12.5. The normalized spacial score (nSPS) is 15.3. The molecule has 2 heterocycles. The Labute approximate surface area is 221 Å². The predicted octanol–water partition coefficient (Wildman–Crippen LogP) is 7.29. The van der Waals surface area contributed by atoms with Gasteiger partial charge < -0.3 is 14.6 Å². The Morgan fingerprint density at radius 2 is 1.84 bits per heavy atom. The summed E-state index contributed by atoms with van der Waals surface area (Å²) in [5, 5.41) is 11.4. The second kappa shape index (κ2) is 10.9. The Hall–Kier alpha value is -3.51. The molecule has 0 radical (unpaired) electrons. The molecule has 1 N–H and O–H groups in total. The van der Waals surface area contributed by atoms with Crippen LogP contribution in [0.5, 0.6) is 0 Å². The minimum Gasteiger partial charge on any atom is -0.478 e. The first-order valence-corrected chi connectivity index (χ1v) is 12.8. The average Bonchev–Trinajstić information content (AvgIpc) is 2.91. The first-order chi connectivity index (χ1) is 17.9. The Morgan fingerprint density at radius 1 is 1.03 bits per heavy atom. The average molecular weight is 514 g/mol. The number of benzene rings is 3. The SMILES string of the molecule is Cc1ccc(CCC2(c3cccc(/C=C/c4ccc5ccc(Cl)cc5n4)c3)OCCCO2)c(C(=O)O)c1. The molecule has 1 saturated heterocycles. The largest absolute Gasteiger partial charge is 0.478 e. The molecule has 188 valence electrons. The van der Waals surface area contributed by atoms with Gasteiger partial charge in [-0.25, -0.2) is 9.78 Å². The van der Waals surface area contributed by atoms with Crippen LogP contribution in [0.2, 0.25) is 5.02 Å². The third-order valence-corrected chi connectivity index (χ3v) is 6.86. The topological polar surface area (TPSA) is 68.7 Å². The first-order valence-electron chi connectivity index (χ1n) is 12.4. The number of hydrogen-bond acceptors (Lipinski definition) is 4. The van der Waals surface area contributed by atoms with Crippen LogP contribution in [0, 0.1) is 6.92 Å². The van der Waals surface area contributed by atoms with E-state index in [2.05, 4.69) is 6.07 Å². The van der Waals surface area contributed by atoms with E-state index in [9.17, 15) is 9.90 Å². The van der Waals surface area contributed by atoms with Crippen LogP contribution < -0.4 is 0 Å². The molecule has 3 aromatic carbocycles. The molecule has 0 bridgehead atoms. The number of aromatic nitrogens is 1. The zero-order chi connectivity index (χ0) is 25.8. The van der Waals surface area contributed by atoms with E-state index in [1.807, 2.05) is 79.7 Å². The van der Waals surface area contributed by atoms with Gasteiger partial charge in [0.05, 0.1) is 30.0 Å². The summed E-state index contributed by atoms with van der Waals surface area (Å²) >= 11 is 6.13. The molecule has 37 heavy (non-hydrogen) atoms. The van der Waals surface area contributed by atoms with E-state index in [4.69, 9.17) is 26.1 Å². The lowest BCUT2D eigenvalue weighted by molar-refractivity contribution is -0.279. The second-order valence-corrected chi connectivity index (χ2v) is 9.74. The summed E-state index contributed by atoms with van der Waals surface area (Å²) in [6.45, 7) is 3.07. The number of pyridine rings is 1. The third kappa shape index (κ3) is 5.75. The number of ether oxygens (including phenoxy) is 2. The number of halogens is 1. The summed E-state index contributed by atoms with van der Waals surface area (Å²) in [7, 11) is 0. The lowest BCUT2D eigenvalue weighted by atomic mass is 9.93. The van der Waals surface area contributed by atoms with Crippen molar-refractivity contribution in [1.82, 2.24) is 4.98 Å². The number of fused-ring (bicyclic) bond motifs is 1. The lowest BCUT2D eigenvalue weighted by Crippen LogP contribution is -2.38. The van der Waals surface area contributed by atoms with Gasteiger partial charge in [-0.1, -0.05) is 65.7 Å². The minimum absolute atomic E-state index is 0.326. The quantitative estimate of drug-likeness (QED) is 0.281. The van der Waals surface area contributed by atoms with Crippen molar-refractivity contribution in [2.24, 2.45) is 0 Å². The summed E-state index contributed by atoms with van der Waals surface area (Å²) in [4.78, 5) is 16.5. The zero-order valence-electron chi connectivity index (χ0n) is 20.6. The summed E-state index contributed by atoms with van der Waals surface area (Å²) in [5.41, 5.74) is 5.61. The molecule has 0 unspecified atom stereocenters. The van der Waals surface area contributed by atoms with Crippen molar-refractivity contribution in [2.75, 3.05) is 13.2 Å². The third-order valence-electron chi connectivity index (χ3n) is 6.63. The van der Waals surface area contributed by atoms with Crippen LogP contribution in [-0.4, -0.2) is 29.3 Å². The molecule has 1 fully saturated rings. The fourth-order valence-electron chi connectivity index (χ4n) is 4.70. The molecule has 0 aliphatic carbocycles. The van der Waals surface area contributed by atoms with E-state index in [1.165, 1.54) is 0 Å². The number of aryl methyl sites for hydroxylation is 2.